The highest BCUT2D eigenvalue weighted by atomic mass is 16.6. The first-order valence-electron chi connectivity index (χ1n) is 7.38. The molecule has 0 atom stereocenters. The average Bonchev–Trinajstić information content (AvgIpc) is 2.60. The summed E-state index contributed by atoms with van der Waals surface area (Å²) in [7, 11) is 1.33. The smallest absolute Gasteiger partial charge is 0.311 e. The number of ether oxygens (including phenoxy) is 2. The number of para-hydroxylation sites is 1. The lowest BCUT2D eigenvalue weighted by Gasteiger charge is -2.11. The second-order valence-electron chi connectivity index (χ2n) is 4.94. The van der Waals surface area contributed by atoms with E-state index in [0.717, 1.165) is 17.7 Å². The molecule has 2 aromatic rings. The van der Waals surface area contributed by atoms with Crippen molar-refractivity contribution in [1.82, 2.24) is 0 Å². The third-order valence-corrected chi connectivity index (χ3v) is 3.39. The van der Waals surface area contributed by atoms with Gasteiger partial charge in [-0.05, 0) is 24.1 Å². The van der Waals surface area contributed by atoms with Crippen LogP contribution in [0.3, 0.4) is 0 Å². The van der Waals surface area contributed by atoms with Crippen molar-refractivity contribution in [2.45, 2.75) is 13.3 Å². The minimum absolute atomic E-state index is 0.0780. The number of hydrogen-bond donors (Lipinski definition) is 1. The number of carbonyl (C=O) groups is 1. The molecule has 0 unspecified atom stereocenters. The molecule has 0 aliphatic carbocycles. The van der Waals surface area contributed by atoms with Gasteiger partial charge < -0.3 is 14.8 Å². The van der Waals surface area contributed by atoms with Crippen LogP contribution in [0.2, 0.25) is 0 Å². The Morgan fingerprint density at radius 2 is 2.00 bits per heavy atom. The molecule has 0 aromatic heterocycles. The number of nitrogens with zero attached hydrogens (tertiary/aromatic N) is 1. The number of nitro groups is 1. The maximum atomic E-state index is 12.0. The summed E-state index contributed by atoms with van der Waals surface area (Å²) in [5.41, 5.74) is 1.61. The molecule has 2 aromatic carbocycles. The first-order valence-corrected chi connectivity index (χ1v) is 7.38. The second-order valence-corrected chi connectivity index (χ2v) is 4.94. The molecule has 1 amide bonds. The van der Waals surface area contributed by atoms with Crippen molar-refractivity contribution in [1.29, 1.82) is 0 Å². The summed E-state index contributed by atoms with van der Waals surface area (Å²) in [4.78, 5) is 22.3. The lowest BCUT2D eigenvalue weighted by Crippen LogP contribution is -2.20. The third kappa shape index (κ3) is 4.22. The number of benzene rings is 2. The SMILES string of the molecule is CCc1ccccc1NC(=O)COc1ccc([N+](=O)[O-])c(OC)c1. The van der Waals surface area contributed by atoms with Crippen LogP contribution < -0.4 is 14.8 Å². The maximum Gasteiger partial charge on any atom is 0.311 e. The highest BCUT2D eigenvalue weighted by Crippen LogP contribution is 2.30. The number of aryl methyl sites for hydroxylation is 1. The number of methoxy groups -OCH3 is 1. The van der Waals surface area contributed by atoms with Gasteiger partial charge in [0, 0.05) is 17.8 Å². The Morgan fingerprint density at radius 1 is 1.25 bits per heavy atom. The lowest BCUT2D eigenvalue weighted by atomic mass is 10.1. The molecule has 0 bridgehead atoms. The summed E-state index contributed by atoms with van der Waals surface area (Å²) in [6, 6.07) is 11.6. The van der Waals surface area contributed by atoms with E-state index in [1.54, 1.807) is 0 Å². The van der Waals surface area contributed by atoms with Gasteiger partial charge in [-0.2, -0.15) is 0 Å². The van der Waals surface area contributed by atoms with Gasteiger partial charge in [-0.3, -0.25) is 14.9 Å². The Morgan fingerprint density at radius 3 is 2.67 bits per heavy atom. The van der Waals surface area contributed by atoms with Crippen LogP contribution in [-0.4, -0.2) is 24.5 Å². The maximum absolute atomic E-state index is 12.0. The molecule has 126 valence electrons. The van der Waals surface area contributed by atoms with Crippen LogP contribution in [0, 0.1) is 10.1 Å². The summed E-state index contributed by atoms with van der Waals surface area (Å²) in [6.07, 6.45) is 0.802. The van der Waals surface area contributed by atoms with E-state index in [1.165, 1.54) is 25.3 Å². The second kappa shape index (κ2) is 7.96. The molecule has 0 fully saturated rings. The molecule has 0 heterocycles. The van der Waals surface area contributed by atoms with Gasteiger partial charge in [0.15, 0.2) is 6.61 Å². The van der Waals surface area contributed by atoms with E-state index >= 15 is 0 Å². The van der Waals surface area contributed by atoms with E-state index in [-0.39, 0.29) is 24.0 Å². The average molecular weight is 330 g/mol. The van der Waals surface area contributed by atoms with Crippen LogP contribution in [0.5, 0.6) is 11.5 Å². The molecule has 2 rings (SSSR count). The Bertz CT molecular complexity index is 746. The van der Waals surface area contributed by atoms with Gasteiger partial charge >= 0.3 is 5.69 Å². The van der Waals surface area contributed by atoms with Gasteiger partial charge in [-0.1, -0.05) is 25.1 Å². The molecule has 0 aliphatic heterocycles. The molecule has 1 N–H and O–H groups in total. The largest absolute Gasteiger partial charge is 0.490 e. The van der Waals surface area contributed by atoms with Crippen LogP contribution in [0.4, 0.5) is 11.4 Å². The molecule has 24 heavy (non-hydrogen) atoms. The Labute approximate surface area is 139 Å². The molecule has 0 radical (unpaired) electrons. The van der Waals surface area contributed by atoms with E-state index in [2.05, 4.69) is 5.32 Å². The first kappa shape index (κ1) is 17.3. The van der Waals surface area contributed by atoms with Crippen molar-refractivity contribution in [3.63, 3.8) is 0 Å². The Kier molecular flexibility index (Phi) is 5.73. The molecular formula is C17H18N2O5. The lowest BCUT2D eigenvalue weighted by molar-refractivity contribution is -0.385. The van der Waals surface area contributed by atoms with Crippen LogP contribution in [0.25, 0.3) is 0 Å². The predicted octanol–water partition coefficient (Wildman–Crippen LogP) is 3.18. The highest BCUT2D eigenvalue weighted by Gasteiger charge is 2.15. The van der Waals surface area contributed by atoms with Gasteiger partial charge in [0.2, 0.25) is 5.75 Å². The fraction of sp³-hybridized carbons (Fsp3) is 0.235. The van der Waals surface area contributed by atoms with E-state index in [0.29, 0.717) is 5.75 Å². The molecule has 7 heteroatoms. The normalized spacial score (nSPS) is 10.1. The number of nitrogens with one attached hydrogen (secondary N) is 1. The van der Waals surface area contributed by atoms with Crippen molar-refractivity contribution in [3.05, 3.63) is 58.1 Å². The molecular weight excluding hydrogens is 312 g/mol. The summed E-state index contributed by atoms with van der Waals surface area (Å²) < 4.78 is 10.3. The third-order valence-electron chi connectivity index (χ3n) is 3.39. The number of hydrogen-bond acceptors (Lipinski definition) is 5. The molecule has 7 nitrogen and oxygen atoms in total. The monoisotopic (exact) mass is 330 g/mol. The molecule has 0 saturated carbocycles. The minimum Gasteiger partial charge on any atom is -0.490 e. The molecule has 0 spiro atoms. The van der Waals surface area contributed by atoms with Crippen LogP contribution >= 0.6 is 0 Å². The summed E-state index contributed by atoms with van der Waals surface area (Å²) in [6.45, 7) is 1.80. The number of rotatable bonds is 7. The zero-order chi connectivity index (χ0) is 17.5. The van der Waals surface area contributed by atoms with E-state index in [4.69, 9.17) is 9.47 Å². The van der Waals surface area contributed by atoms with Gasteiger partial charge in [0.05, 0.1) is 12.0 Å². The molecule has 0 saturated heterocycles. The van der Waals surface area contributed by atoms with Crippen LogP contribution in [0.15, 0.2) is 42.5 Å². The number of anilines is 1. The summed E-state index contributed by atoms with van der Waals surface area (Å²) in [5.74, 6) is 0.0823. The standard InChI is InChI=1S/C17H18N2O5/c1-3-12-6-4-5-7-14(12)18-17(20)11-24-13-8-9-15(19(21)22)16(10-13)23-2/h4-10H,3,11H2,1-2H3,(H,18,20). The summed E-state index contributed by atoms with van der Waals surface area (Å²) >= 11 is 0. The van der Waals surface area contributed by atoms with Gasteiger partial charge in [0.25, 0.3) is 5.91 Å². The van der Waals surface area contributed by atoms with Gasteiger partial charge in [-0.15, -0.1) is 0 Å². The van der Waals surface area contributed by atoms with Crippen molar-refractivity contribution in [2.24, 2.45) is 0 Å². The first-order chi connectivity index (χ1) is 11.5. The zero-order valence-electron chi connectivity index (χ0n) is 13.4. The van der Waals surface area contributed by atoms with E-state index in [9.17, 15) is 14.9 Å². The van der Waals surface area contributed by atoms with Crippen LogP contribution in [-0.2, 0) is 11.2 Å². The van der Waals surface area contributed by atoms with E-state index < -0.39 is 4.92 Å². The van der Waals surface area contributed by atoms with Crippen LogP contribution in [0.1, 0.15) is 12.5 Å². The zero-order valence-corrected chi connectivity index (χ0v) is 13.4. The summed E-state index contributed by atoms with van der Waals surface area (Å²) in [5, 5.41) is 13.6. The van der Waals surface area contributed by atoms with Crippen molar-refractivity contribution >= 4 is 17.3 Å². The quantitative estimate of drug-likeness (QED) is 0.622. The fourth-order valence-electron chi connectivity index (χ4n) is 2.18. The Balaban J connectivity index is 2.00. The minimum atomic E-state index is -0.545. The molecule has 0 aliphatic rings. The van der Waals surface area contributed by atoms with E-state index in [1.807, 2.05) is 31.2 Å². The number of carbonyl (C=O) groups excluding carboxylic acids is 1. The predicted molar refractivity (Wildman–Crippen MR) is 89.6 cm³/mol. The van der Waals surface area contributed by atoms with Gasteiger partial charge in [0.1, 0.15) is 5.75 Å². The van der Waals surface area contributed by atoms with Crippen molar-refractivity contribution < 1.29 is 19.2 Å². The fourth-order valence-corrected chi connectivity index (χ4v) is 2.18. The highest BCUT2D eigenvalue weighted by molar-refractivity contribution is 5.92. The topological polar surface area (TPSA) is 90.7 Å². The van der Waals surface area contributed by atoms with Gasteiger partial charge in [-0.25, -0.2) is 0 Å². The Hall–Kier alpha value is -3.09. The van der Waals surface area contributed by atoms with Crippen molar-refractivity contribution in [3.8, 4) is 11.5 Å². The number of nitro benzene ring substituents is 1. The number of amides is 1. The van der Waals surface area contributed by atoms with Crippen molar-refractivity contribution in [2.75, 3.05) is 19.0 Å².